The lowest BCUT2D eigenvalue weighted by Crippen LogP contribution is -2.47. The SMILES string of the molecule is CCNC(=NCC1(OC)CCOCC1)NC1CC(C)N(Cc2ccccc2)C1. The highest BCUT2D eigenvalue weighted by molar-refractivity contribution is 5.80. The highest BCUT2D eigenvalue weighted by Gasteiger charge is 2.33. The van der Waals surface area contributed by atoms with Crippen LogP contribution in [-0.4, -0.2) is 68.5 Å². The zero-order chi connectivity index (χ0) is 19.8. The summed E-state index contributed by atoms with van der Waals surface area (Å²) in [6, 6.07) is 11.7. The number of guanidine groups is 1. The second-order valence-electron chi connectivity index (χ2n) is 8.04. The minimum atomic E-state index is -0.192. The molecule has 2 aliphatic heterocycles. The predicted octanol–water partition coefficient (Wildman–Crippen LogP) is 2.40. The summed E-state index contributed by atoms with van der Waals surface area (Å²) >= 11 is 0. The van der Waals surface area contributed by atoms with E-state index in [0.29, 0.717) is 18.6 Å². The molecular weight excluding hydrogens is 352 g/mol. The molecule has 2 unspecified atom stereocenters. The first-order valence-corrected chi connectivity index (χ1v) is 10.6. The Hall–Kier alpha value is -1.63. The van der Waals surface area contributed by atoms with Crippen LogP contribution in [0.5, 0.6) is 0 Å². The smallest absolute Gasteiger partial charge is 0.191 e. The highest BCUT2D eigenvalue weighted by Crippen LogP contribution is 2.25. The molecule has 2 saturated heterocycles. The van der Waals surface area contributed by atoms with E-state index in [1.165, 1.54) is 5.56 Å². The second kappa shape index (κ2) is 10.2. The van der Waals surface area contributed by atoms with Gasteiger partial charge in [-0.2, -0.15) is 0 Å². The lowest BCUT2D eigenvalue weighted by molar-refractivity contribution is -0.0828. The quantitative estimate of drug-likeness (QED) is 0.555. The average molecular weight is 389 g/mol. The summed E-state index contributed by atoms with van der Waals surface area (Å²) in [5, 5.41) is 7.06. The molecule has 2 aliphatic rings. The van der Waals surface area contributed by atoms with E-state index in [1.54, 1.807) is 7.11 Å². The molecule has 2 heterocycles. The molecule has 2 N–H and O–H groups in total. The van der Waals surface area contributed by atoms with Crippen LogP contribution < -0.4 is 10.6 Å². The van der Waals surface area contributed by atoms with Gasteiger partial charge in [-0.05, 0) is 25.8 Å². The molecule has 156 valence electrons. The molecule has 1 aromatic rings. The molecule has 0 saturated carbocycles. The fraction of sp³-hybridized carbons (Fsp3) is 0.682. The van der Waals surface area contributed by atoms with Gasteiger partial charge in [0.25, 0.3) is 0 Å². The van der Waals surface area contributed by atoms with Crippen LogP contribution in [-0.2, 0) is 16.0 Å². The van der Waals surface area contributed by atoms with Gasteiger partial charge in [-0.3, -0.25) is 9.89 Å². The molecule has 28 heavy (non-hydrogen) atoms. The number of rotatable bonds is 7. The van der Waals surface area contributed by atoms with Crippen molar-refractivity contribution >= 4 is 5.96 Å². The first-order valence-electron chi connectivity index (χ1n) is 10.6. The largest absolute Gasteiger partial charge is 0.381 e. The third-order valence-electron chi connectivity index (χ3n) is 5.98. The Bertz CT molecular complexity index is 616. The molecule has 0 radical (unpaired) electrons. The van der Waals surface area contributed by atoms with E-state index in [-0.39, 0.29) is 5.60 Å². The standard InChI is InChI=1S/C22H36N4O2/c1-4-23-21(24-17-22(27-3)10-12-28-13-11-22)25-20-14-18(2)26(16-20)15-19-8-6-5-7-9-19/h5-9,18,20H,4,10-17H2,1-3H3,(H2,23,24,25). The maximum absolute atomic E-state index is 5.83. The molecule has 0 amide bonds. The van der Waals surface area contributed by atoms with E-state index < -0.39 is 0 Å². The molecule has 2 fully saturated rings. The van der Waals surface area contributed by atoms with E-state index in [9.17, 15) is 0 Å². The van der Waals surface area contributed by atoms with E-state index in [0.717, 1.165) is 58.1 Å². The van der Waals surface area contributed by atoms with Crippen molar-refractivity contribution < 1.29 is 9.47 Å². The van der Waals surface area contributed by atoms with Gasteiger partial charge in [0, 0.05) is 64.9 Å². The molecular formula is C22H36N4O2. The maximum Gasteiger partial charge on any atom is 0.191 e. The van der Waals surface area contributed by atoms with E-state index >= 15 is 0 Å². The van der Waals surface area contributed by atoms with Crippen molar-refractivity contribution in [3.05, 3.63) is 35.9 Å². The van der Waals surface area contributed by atoms with Crippen LogP contribution in [0.25, 0.3) is 0 Å². The Labute approximate surface area is 169 Å². The van der Waals surface area contributed by atoms with Crippen molar-refractivity contribution in [2.45, 2.75) is 57.3 Å². The summed E-state index contributed by atoms with van der Waals surface area (Å²) in [5.74, 6) is 0.893. The highest BCUT2D eigenvalue weighted by atomic mass is 16.5. The van der Waals surface area contributed by atoms with Crippen molar-refractivity contribution in [1.82, 2.24) is 15.5 Å². The zero-order valence-corrected chi connectivity index (χ0v) is 17.6. The van der Waals surface area contributed by atoms with Gasteiger partial charge in [0.2, 0.25) is 0 Å². The fourth-order valence-electron chi connectivity index (χ4n) is 4.15. The van der Waals surface area contributed by atoms with Gasteiger partial charge in [-0.1, -0.05) is 30.3 Å². The first kappa shape index (κ1) is 21.1. The molecule has 6 nitrogen and oxygen atoms in total. The summed E-state index contributed by atoms with van der Waals surface area (Å²) in [5.41, 5.74) is 1.18. The van der Waals surface area contributed by atoms with Crippen molar-refractivity contribution in [2.75, 3.05) is 40.0 Å². The van der Waals surface area contributed by atoms with Gasteiger partial charge in [0.15, 0.2) is 5.96 Å². The molecule has 1 aromatic carbocycles. The third-order valence-corrected chi connectivity index (χ3v) is 5.98. The number of ether oxygens (including phenoxy) is 2. The van der Waals surface area contributed by atoms with E-state index in [4.69, 9.17) is 14.5 Å². The molecule has 0 aliphatic carbocycles. The van der Waals surface area contributed by atoms with Gasteiger partial charge in [0.05, 0.1) is 12.1 Å². The van der Waals surface area contributed by atoms with Crippen LogP contribution in [0.4, 0.5) is 0 Å². The van der Waals surface area contributed by atoms with Crippen LogP contribution in [0.3, 0.4) is 0 Å². The summed E-state index contributed by atoms with van der Waals surface area (Å²) < 4.78 is 11.3. The summed E-state index contributed by atoms with van der Waals surface area (Å²) in [7, 11) is 1.79. The predicted molar refractivity (Wildman–Crippen MR) is 114 cm³/mol. The lowest BCUT2D eigenvalue weighted by atomic mass is 9.94. The maximum atomic E-state index is 5.83. The summed E-state index contributed by atoms with van der Waals surface area (Å²) in [4.78, 5) is 7.42. The van der Waals surface area contributed by atoms with Crippen molar-refractivity contribution in [1.29, 1.82) is 0 Å². The molecule has 6 heteroatoms. The Morgan fingerprint density at radius 1 is 1.29 bits per heavy atom. The van der Waals surface area contributed by atoms with Crippen molar-refractivity contribution in [2.24, 2.45) is 4.99 Å². The van der Waals surface area contributed by atoms with E-state index in [1.807, 2.05) is 0 Å². The topological polar surface area (TPSA) is 58.1 Å². The number of nitrogens with zero attached hydrogens (tertiary/aromatic N) is 2. The molecule has 0 aromatic heterocycles. The van der Waals surface area contributed by atoms with Crippen LogP contribution in [0, 0.1) is 0 Å². The fourth-order valence-corrected chi connectivity index (χ4v) is 4.15. The number of aliphatic imine (C=N–C) groups is 1. The minimum Gasteiger partial charge on any atom is -0.381 e. The number of methoxy groups -OCH3 is 1. The lowest BCUT2D eigenvalue weighted by Gasteiger charge is -2.34. The Morgan fingerprint density at radius 3 is 2.71 bits per heavy atom. The average Bonchev–Trinajstić information content (AvgIpc) is 3.06. The van der Waals surface area contributed by atoms with Gasteiger partial charge >= 0.3 is 0 Å². The molecule has 0 bridgehead atoms. The number of hydrogen-bond acceptors (Lipinski definition) is 4. The molecule has 0 spiro atoms. The normalized spacial score (nSPS) is 25.6. The first-order chi connectivity index (χ1) is 13.6. The Balaban J connectivity index is 1.57. The summed E-state index contributed by atoms with van der Waals surface area (Å²) in [6.45, 7) is 9.48. The zero-order valence-electron chi connectivity index (χ0n) is 17.6. The van der Waals surface area contributed by atoms with Crippen molar-refractivity contribution in [3.8, 4) is 0 Å². The van der Waals surface area contributed by atoms with Crippen LogP contribution in [0.15, 0.2) is 35.3 Å². The summed E-state index contributed by atoms with van der Waals surface area (Å²) in [6.07, 6.45) is 2.93. The van der Waals surface area contributed by atoms with Gasteiger partial charge in [-0.25, -0.2) is 0 Å². The van der Waals surface area contributed by atoms with Gasteiger partial charge in [0.1, 0.15) is 0 Å². The third kappa shape index (κ3) is 5.69. The van der Waals surface area contributed by atoms with Gasteiger partial charge < -0.3 is 20.1 Å². The second-order valence-corrected chi connectivity index (χ2v) is 8.04. The van der Waals surface area contributed by atoms with E-state index in [2.05, 4.69) is 59.7 Å². The Morgan fingerprint density at radius 2 is 2.04 bits per heavy atom. The minimum absolute atomic E-state index is 0.192. The van der Waals surface area contributed by atoms with Crippen LogP contribution in [0.1, 0.15) is 38.7 Å². The molecule has 2 atom stereocenters. The van der Waals surface area contributed by atoms with Crippen LogP contribution >= 0.6 is 0 Å². The Kier molecular flexibility index (Phi) is 7.71. The number of likely N-dealkylation sites (tertiary alicyclic amines) is 1. The van der Waals surface area contributed by atoms with Crippen LogP contribution in [0.2, 0.25) is 0 Å². The van der Waals surface area contributed by atoms with Gasteiger partial charge in [-0.15, -0.1) is 0 Å². The van der Waals surface area contributed by atoms with Crippen molar-refractivity contribution in [3.63, 3.8) is 0 Å². The number of nitrogens with one attached hydrogen (secondary N) is 2. The number of benzene rings is 1. The monoisotopic (exact) mass is 388 g/mol. The number of hydrogen-bond donors (Lipinski definition) is 2. The molecule has 3 rings (SSSR count).